The van der Waals surface area contributed by atoms with E-state index in [1.807, 2.05) is 6.07 Å². The summed E-state index contributed by atoms with van der Waals surface area (Å²) in [5, 5.41) is 4.25. The summed E-state index contributed by atoms with van der Waals surface area (Å²) in [6, 6.07) is 6.23. The van der Waals surface area contributed by atoms with E-state index in [2.05, 4.69) is 24.4 Å². The highest BCUT2D eigenvalue weighted by molar-refractivity contribution is 6.30. The zero-order valence-electron chi connectivity index (χ0n) is 8.92. The summed E-state index contributed by atoms with van der Waals surface area (Å²) in [6.07, 6.45) is 2.47. The molecule has 84 valence electrons. The smallest absolute Gasteiger partial charge is 0.0409 e. The number of rotatable bonds is 1. The van der Waals surface area contributed by atoms with Gasteiger partial charge >= 0.3 is 0 Å². The van der Waals surface area contributed by atoms with E-state index in [0.29, 0.717) is 5.92 Å². The molecule has 1 fully saturated rings. The number of halogens is 2. The maximum Gasteiger partial charge on any atom is 0.0409 e. The zero-order chi connectivity index (χ0) is 9.97. The molecule has 1 aromatic carbocycles. The van der Waals surface area contributed by atoms with Gasteiger partial charge in [0.05, 0.1) is 0 Å². The van der Waals surface area contributed by atoms with Crippen molar-refractivity contribution in [1.29, 1.82) is 0 Å². The Morgan fingerprint density at radius 2 is 1.93 bits per heavy atom. The molecule has 0 aliphatic carbocycles. The van der Waals surface area contributed by atoms with Crippen molar-refractivity contribution in [3.05, 3.63) is 34.3 Å². The molecular weight excluding hydrogens is 229 g/mol. The van der Waals surface area contributed by atoms with Crippen LogP contribution in [0.4, 0.5) is 0 Å². The quantitative estimate of drug-likeness (QED) is 0.799. The molecule has 0 bridgehead atoms. The molecule has 1 heterocycles. The first kappa shape index (κ1) is 12.8. The average Bonchev–Trinajstić information content (AvgIpc) is 2.23. The van der Waals surface area contributed by atoms with Crippen LogP contribution in [-0.4, -0.2) is 13.1 Å². The Kier molecular flexibility index (Phi) is 4.91. The van der Waals surface area contributed by atoms with Crippen LogP contribution in [-0.2, 0) is 0 Å². The highest BCUT2D eigenvalue weighted by Gasteiger charge is 2.16. The molecule has 1 saturated heterocycles. The van der Waals surface area contributed by atoms with Crippen LogP contribution in [0.3, 0.4) is 0 Å². The minimum atomic E-state index is 0. The average molecular weight is 246 g/mol. The van der Waals surface area contributed by atoms with Gasteiger partial charge in [-0.3, -0.25) is 0 Å². The highest BCUT2D eigenvalue weighted by atomic mass is 35.5. The van der Waals surface area contributed by atoms with Gasteiger partial charge in [-0.25, -0.2) is 0 Å². The second-order valence-electron chi connectivity index (χ2n) is 4.03. The van der Waals surface area contributed by atoms with Crippen LogP contribution in [0, 0.1) is 6.92 Å². The lowest BCUT2D eigenvalue weighted by atomic mass is 9.87. The van der Waals surface area contributed by atoms with E-state index < -0.39 is 0 Å². The number of hydrogen-bond acceptors (Lipinski definition) is 1. The van der Waals surface area contributed by atoms with Crippen molar-refractivity contribution < 1.29 is 0 Å². The Morgan fingerprint density at radius 3 is 2.60 bits per heavy atom. The van der Waals surface area contributed by atoms with Gasteiger partial charge in [-0.15, -0.1) is 12.4 Å². The van der Waals surface area contributed by atoms with E-state index in [9.17, 15) is 0 Å². The normalized spacial score (nSPS) is 17.2. The number of piperidine rings is 1. The maximum atomic E-state index is 6.02. The van der Waals surface area contributed by atoms with E-state index >= 15 is 0 Å². The maximum absolute atomic E-state index is 6.02. The second-order valence-corrected chi connectivity index (χ2v) is 4.46. The Balaban J connectivity index is 0.00000112. The Morgan fingerprint density at radius 1 is 1.27 bits per heavy atom. The third kappa shape index (κ3) is 3.10. The van der Waals surface area contributed by atoms with Crippen molar-refractivity contribution >= 4 is 24.0 Å². The molecule has 0 spiro atoms. The van der Waals surface area contributed by atoms with E-state index in [1.165, 1.54) is 24.0 Å². The molecular formula is C12H17Cl2N. The predicted molar refractivity (Wildman–Crippen MR) is 68.3 cm³/mol. The minimum absolute atomic E-state index is 0. The molecule has 0 radical (unpaired) electrons. The Labute approximate surface area is 103 Å². The van der Waals surface area contributed by atoms with Gasteiger partial charge in [-0.05, 0) is 62.0 Å². The molecule has 0 aromatic heterocycles. The molecule has 2 rings (SSSR count). The van der Waals surface area contributed by atoms with Gasteiger partial charge in [-0.1, -0.05) is 17.7 Å². The van der Waals surface area contributed by atoms with Crippen LogP contribution in [0.15, 0.2) is 18.2 Å². The first-order valence-electron chi connectivity index (χ1n) is 5.24. The van der Waals surface area contributed by atoms with Crippen LogP contribution in [0.25, 0.3) is 0 Å². The summed E-state index contributed by atoms with van der Waals surface area (Å²) in [5.74, 6) is 0.704. The van der Waals surface area contributed by atoms with Gasteiger partial charge < -0.3 is 5.32 Å². The highest BCUT2D eigenvalue weighted by Crippen LogP contribution is 2.29. The SMILES string of the molecule is Cc1ccc(Cl)cc1C1CCNCC1.Cl. The fraction of sp³-hybridized carbons (Fsp3) is 0.500. The van der Waals surface area contributed by atoms with Gasteiger partial charge in [0.15, 0.2) is 0 Å². The third-order valence-corrected chi connectivity index (χ3v) is 3.26. The van der Waals surface area contributed by atoms with E-state index in [-0.39, 0.29) is 12.4 Å². The molecule has 0 saturated carbocycles. The summed E-state index contributed by atoms with van der Waals surface area (Å²) in [4.78, 5) is 0. The monoisotopic (exact) mass is 245 g/mol. The molecule has 0 unspecified atom stereocenters. The lowest BCUT2D eigenvalue weighted by molar-refractivity contribution is 0.459. The molecule has 1 nitrogen and oxygen atoms in total. The Bertz CT molecular complexity index is 319. The van der Waals surface area contributed by atoms with Gasteiger partial charge in [0.1, 0.15) is 0 Å². The molecule has 1 N–H and O–H groups in total. The van der Waals surface area contributed by atoms with Crippen molar-refractivity contribution in [2.75, 3.05) is 13.1 Å². The van der Waals surface area contributed by atoms with Crippen LogP contribution in [0.5, 0.6) is 0 Å². The molecule has 1 aliphatic heterocycles. The standard InChI is InChI=1S/C12H16ClN.ClH/c1-9-2-3-11(13)8-12(9)10-4-6-14-7-5-10;/h2-3,8,10,14H,4-7H2,1H3;1H. The van der Waals surface area contributed by atoms with E-state index in [1.54, 1.807) is 0 Å². The fourth-order valence-corrected chi connectivity index (χ4v) is 2.36. The summed E-state index contributed by atoms with van der Waals surface area (Å²) < 4.78 is 0. The summed E-state index contributed by atoms with van der Waals surface area (Å²) >= 11 is 6.02. The van der Waals surface area contributed by atoms with E-state index in [4.69, 9.17) is 11.6 Å². The first-order valence-corrected chi connectivity index (χ1v) is 5.62. The minimum Gasteiger partial charge on any atom is -0.317 e. The molecule has 15 heavy (non-hydrogen) atoms. The summed E-state index contributed by atoms with van der Waals surface area (Å²) in [7, 11) is 0. The van der Waals surface area contributed by atoms with Crippen molar-refractivity contribution in [1.82, 2.24) is 5.32 Å². The van der Waals surface area contributed by atoms with Crippen molar-refractivity contribution in [2.45, 2.75) is 25.7 Å². The fourth-order valence-electron chi connectivity index (χ4n) is 2.18. The second kappa shape index (κ2) is 5.74. The van der Waals surface area contributed by atoms with Crippen molar-refractivity contribution in [3.63, 3.8) is 0 Å². The van der Waals surface area contributed by atoms with Crippen molar-refractivity contribution in [2.24, 2.45) is 0 Å². The summed E-state index contributed by atoms with van der Waals surface area (Å²) in [6.45, 7) is 4.45. The number of hydrogen-bond donors (Lipinski definition) is 1. The summed E-state index contributed by atoms with van der Waals surface area (Å²) in [5.41, 5.74) is 2.82. The van der Waals surface area contributed by atoms with Crippen LogP contribution >= 0.6 is 24.0 Å². The molecule has 0 atom stereocenters. The van der Waals surface area contributed by atoms with Crippen LogP contribution in [0.2, 0.25) is 5.02 Å². The van der Waals surface area contributed by atoms with Crippen LogP contribution < -0.4 is 5.32 Å². The van der Waals surface area contributed by atoms with Crippen LogP contribution in [0.1, 0.15) is 29.9 Å². The number of nitrogens with one attached hydrogen (secondary N) is 1. The predicted octanol–water partition coefficient (Wildman–Crippen LogP) is 3.54. The molecule has 0 amide bonds. The lowest BCUT2D eigenvalue weighted by Crippen LogP contribution is -2.26. The molecule has 3 heteroatoms. The van der Waals surface area contributed by atoms with Gasteiger partial charge in [0.25, 0.3) is 0 Å². The topological polar surface area (TPSA) is 12.0 Å². The number of aryl methyl sites for hydroxylation is 1. The zero-order valence-corrected chi connectivity index (χ0v) is 10.5. The molecule has 1 aromatic rings. The van der Waals surface area contributed by atoms with Gasteiger partial charge in [0.2, 0.25) is 0 Å². The lowest BCUT2D eigenvalue weighted by Gasteiger charge is -2.24. The van der Waals surface area contributed by atoms with E-state index in [0.717, 1.165) is 18.1 Å². The molecule has 1 aliphatic rings. The van der Waals surface area contributed by atoms with Gasteiger partial charge in [-0.2, -0.15) is 0 Å². The first-order chi connectivity index (χ1) is 6.77. The number of benzene rings is 1. The van der Waals surface area contributed by atoms with Gasteiger partial charge in [0, 0.05) is 5.02 Å². The van der Waals surface area contributed by atoms with Crippen molar-refractivity contribution in [3.8, 4) is 0 Å². The Hall–Kier alpha value is -0.240. The third-order valence-electron chi connectivity index (χ3n) is 3.02. The largest absolute Gasteiger partial charge is 0.317 e.